The normalized spacial score (nSPS) is 15.6. The zero-order chi connectivity index (χ0) is 25.2. The fourth-order valence-electron chi connectivity index (χ4n) is 4.39. The number of aromatic nitrogens is 1. The van der Waals surface area contributed by atoms with Crippen molar-refractivity contribution in [1.29, 1.82) is 0 Å². The summed E-state index contributed by atoms with van der Waals surface area (Å²) in [5.41, 5.74) is 2.09. The maximum atomic E-state index is 13.8. The average Bonchev–Trinajstić information content (AvgIpc) is 3.18. The van der Waals surface area contributed by atoms with Gasteiger partial charge < -0.3 is 9.47 Å². The predicted molar refractivity (Wildman–Crippen MR) is 142 cm³/mol. The number of rotatable bonds is 6. The van der Waals surface area contributed by atoms with E-state index in [9.17, 15) is 9.59 Å². The van der Waals surface area contributed by atoms with Gasteiger partial charge in [0.15, 0.2) is 4.80 Å². The summed E-state index contributed by atoms with van der Waals surface area (Å²) in [6.45, 7) is 2.10. The Morgan fingerprint density at radius 3 is 2.64 bits per heavy atom. The lowest BCUT2D eigenvalue weighted by Gasteiger charge is -2.25. The molecule has 1 aromatic heterocycles. The lowest BCUT2D eigenvalue weighted by molar-refractivity contribution is -0.140. The number of esters is 1. The van der Waals surface area contributed by atoms with E-state index in [4.69, 9.17) is 21.1 Å². The summed E-state index contributed by atoms with van der Waals surface area (Å²) in [5, 5.41) is 2.58. The van der Waals surface area contributed by atoms with Crippen LogP contribution in [0.4, 0.5) is 0 Å². The molecule has 2 heterocycles. The molecule has 0 saturated heterocycles. The molecule has 0 aliphatic carbocycles. The summed E-state index contributed by atoms with van der Waals surface area (Å²) in [5.74, 6) is -0.554. The molecule has 1 aliphatic heterocycles. The summed E-state index contributed by atoms with van der Waals surface area (Å²) in [6.07, 6.45) is 1.88. The predicted octanol–water partition coefficient (Wildman–Crippen LogP) is 4.23. The maximum absolute atomic E-state index is 13.8. The van der Waals surface area contributed by atoms with E-state index in [-0.39, 0.29) is 24.3 Å². The van der Waals surface area contributed by atoms with E-state index in [0.717, 1.165) is 16.3 Å². The SMILES string of the molecule is COCCOC(=O)C1=C(C)N=c2sc(=Cc3cccc4ccccc34)c(=O)n2C1c1ccccc1Cl. The van der Waals surface area contributed by atoms with E-state index in [1.54, 1.807) is 17.6 Å². The Balaban J connectivity index is 1.71. The van der Waals surface area contributed by atoms with Gasteiger partial charge in [-0.25, -0.2) is 9.79 Å². The number of allylic oxidation sites excluding steroid dienone is 1. The number of benzene rings is 3. The molecular weight excluding hydrogens is 496 g/mol. The molecule has 0 radical (unpaired) electrons. The van der Waals surface area contributed by atoms with Gasteiger partial charge >= 0.3 is 5.97 Å². The van der Waals surface area contributed by atoms with Crippen LogP contribution in [0.3, 0.4) is 0 Å². The van der Waals surface area contributed by atoms with Crippen molar-refractivity contribution >= 4 is 45.8 Å². The lowest BCUT2D eigenvalue weighted by atomic mass is 9.96. The van der Waals surface area contributed by atoms with Crippen molar-refractivity contribution in [3.8, 4) is 0 Å². The number of fused-ring (bicyclic) bond motifs is 2. The Morgan fingerprint density at radius 1 is 1.08 bits per heavy atom. The molecular formula is C28H23ClN2O4S. The Labute approximate surface area is 216 Å². The first-order chi connectivity index (χ1) is 17.5. The zero-order valence-corrected chi connectivity index (χ0v) is 21.3. The third-order valence-electron chi connectivity index (χ3n) is 6.07. The van der Waals surface area contributed by atoms with Gasteiger partial charge in [0, 0.05) is 12.1 Å². The van der Waals surface area contributed by atoms with Crippen LogP contribution in [0.5, 0.6) is 0 Å². The molecule has 182 valence electrons. The van der Waals surface area contributed by atoms with Crippen molar-refractivity contribution < 1.29 is 14.3 Å². The number of carbonyl (C=O) groups is 1. The lowest BCUT2D eigenvalue weighted by Crippen LogP contribution is -2.40. The molecule has 0 amide bonds. The first kappa shape index (κ1) is 24.2. The molecule has 36 heavy (non-hydrogen) atoms. The second-order valence-electron chi connectivity index (χ2n) is 8.30. The fourth-order valence-corrected chi connectivity index (χ4v) is 5.66. The molecule has 0 bridgehead atoms. The topological polar surface area (TPSA) is 69.9 Å². The highest BCUT2D eigenvalue weighted by Gasteiger charge is 2.34. The van der Waals surface area contributed by atoms with E-state index in [2.05, 4.69) is 4.99 Å². The summed E-state index contributed by atoms with van der Waals surface area (Å²) in [4.78, 5) is 32.1. The highest BCUT2D eigenvalue weighted by molar-refractivity contribution is 7.07. The van der Waals surface area contributed by atoms with E-state index >= 15 is 0 Å². The van der Waals surface area contributed by atoms with Crippen molar-refractivity contribution in [2.24, 2.45) is 4.99 Å². The van der Waals surface area contributed by atoms with Gasteiger partial charge in [-0.1, -0.05) is 83.6 Å². The number of nitrogens with zero attached hydrogens (tertiary/aromatic N) is 2. The van der Waals surface area contributed by atoms with Crippen molar-refractivity contribution in [2.45, 2.75) is 13.0 Å². The van der Waals surface area contributed by atoms with Crippen molar-refractivity contribution in [1.82, 2.24) is 4.57 Å². The quantitative estimate of drug-likeness (QED) is 0.283. The van der Waals surface area contributed by atoms with Crippen LogP contribution in [-0.2, 0) is 14.3 Å². The fraction of sp³-hybridized carbons (Fsp3) is 0.179. The second-order valence-corrected chi connectivity index (χ2v) is 9.72. The summed E-state index contributed by atoms with van der Waals surface area (Å²) in [6, 6.07) is 20.5. The van der Waals surface area contributed by atoms with E-state index in [0.29, 0.717) is 25.6 Å². The molecule has 8 heteroatoms. The van der Waals surface area contributed by atoms with Crippen LogP contribution in [0.15, 0.2) is 87.8 Å². The zero-order valence-electron chi connectivity index (χ0n) is 19.7. The number of thiazole rings is 1. The average molecular weight is 519 g/mol. The first-order valence-corrected chi connectivity index (χ1v) is 12.6. The van der Waals surface area contributed by atoms with Gasteiger partial charge in [-0.15, -0.1) is 0 Å². The molecule has 1 aliphatic rings. The third-order valence-corrected chi connectivity index (χ3v) is 7.40. The van der Waals surface area contributed by atoms with E-state index in [1.807, 2.05) is 66.7 Å². The minimum atomic E-state index is -0.764. The molecule has 1 unspecified atom stereocenters. The molecule has 0 saturated carbocycles. The second kappa shape index (κ2) is 10.2. The van der Waals surface area contributed by atoms with Crippen molar-refractivity contribution in [3.63, 3.8) is 0 Å². The van der Waals surface area contributed by atoms with Gasteiger partial charge in [-0.05, 0) is 41.0 Å². The van der Waals surface area contributed by atoms with Crippen molar-refractivity contribution in [2.75, 3.05) is 20.3 Å². The van der Waals surface area contributed by atoms with Crippen LogP contribution >= 0.6 is 22.9 Å². The smallest absolute Gasteiger partial charge is 0.338 e. The number of ether oxygens (including phenoxy) is 2. The summed E-state index contributed by atoms with van der Waals surface area (Å²) >= 11 is 7.87. The Kier molecular flexibility index (Phi) is 6.87. The standard InChI is InChI=1S/C28H23ClN2O4S/c1-17-24(27(33)35-15-14-34-2)25(21-12-5-6-13-22(21)29)31-26(32)23(36-28(31)30-17)16-19-10-7-9-18-8-3-4-11-20(18)19/h3-13,16,25H,14-15H2,1-2H3. The summed E-state index contributed by atoms with van der Waals surface area (Å²) in [7, 11) is 1.53. The Hall–Kier alpha value is -3.52. The van der Waals surface area contributed by atoms with Crippen molar-refractivity contribution in [3.05, 3.63) is 114 Å². The highest BCUT2D eigenvalue weighted by atomic mass is 35.5. The van der Waals surface area contributed by atoms with Crippen LogP contribution in [0.25, 0.3) is 16.8 Å². The Bertz CT molecular complexity index is 1680. The van der Waals surface area contributed by atoms with Crippen LogP contribution in [0.2, 0.25) is 5.02 Å². The molecule has 6 nitrogen and oxygen atoms in total. The number of hydrogen-bond acceptors (Lipinski definition) is 6. The molecule has 0 fully saturated rings. The highest BCUT2D eigenvalue weighted by Crippen LogP contribution is 2.34. The largest absolute Gasteiger partial charge is 0.460 e. The molecule has 4 aromatic rings. The van der Waals surface area contributed by atoms with Crippen LogP contribution in [0.1, 0.15) is 24.1 Å². The monoisotopic (exact) mass is 518 g/mol. The first-order valence-electron chi connectivity index (χ1n) is 11.4. The van der Waals surface area contributed by atoms with Crippen LogP contribution in [-0.4, -0.2) is 30.9 Å². The van der Waals surface area contributed by atoms with Crippen LogP contribution < -0.4 is 14.9 Å². The number of methoxy groups -OCH3 is 1. The Morgan fingerprint density at radius 2 is 1.83 bits per heavy atom. The van der Waals surface area contributed by atoms with Gasteiger partial charge in [0.1, 0.15) is 12.6 Å². The molecule has 5 rings (SSSR count). The summed E-state index contributed by atoms with van der Waals surface area (Å²) < 4.78 is 12.5. The number of halogens is 1. The molecule has 1 atom stereocenters. The van der Waals surface area contributed by atoms with Gasteiger partial charge in [0.25, 0.3) is 5.56 Å². The number of hydrogen-bond donors (Lipinski definition) is 0. The minimum absolute atomic E-state index is 0.0901. The molecule has 0 N–H and O–H groups in total. The van der Waals surface area contributed by atoms with E-state index in [1.165, 1.54) is 18.4 Å². The van der Waals surface area contributed by atoms with Gasteiger partial charge in [-0.3, -0.25) is 9.36 Å². The van der Waals surface area contributed by atoms with Gasteiger partial charge in [0.05, 0.1) is 22.4 Å². The van der Waals surface area contributed by atoms with Gasteiger partial charge in [-0.2, -0.15) is 0 Å². The van der Waals surface area contributed by atoms with Gasteiger partial charge in [0.2, 0.25) is 0 Å². The molecule has 0 spiro atoms. The molecule has 3 aromatic carbocycles. The number of carbonyl (C=O) groups excluding carboxylic acids is 1. The van der Waals surface area contributed by atoms with E-state index < -0.39 is 12.0 Å². The minimum Gasteiger partial charge on any atom is -0.460 e. The van der Waals surface area contributed by atoms with Crippen LogP contribution in [0, 0.1) is 0 Å². The maximum Gasteiger partial charge on any atom is 0.338 e. The third kappa shape index (κ3) is 4.41.